The van der Waals surface area contributed by atoms with Gasteiger partial charge in [-0.05, 0) is 41.8 Å². The minimum absolute atomic E-state index is 0.108. The van der Waals surface area contributed by atoms with Crippen molar-refractivity contribution in [1.82, 2.24) is 5.32 Å². The molecule has 5 amide bonds. The van der Waals surface area contributed by atoms with Gasteiger partial charge < -0.3 is 15.2 Å². The molecule has 0 bridgehead atoms. The number of methoxy groups -OCH3 is 1. The van der Waals surface area contributed by atoms with Crippen LogP contribution in [-0.4, -0.2) is 57.4 Å². The fraction of sp³-hybridized carbons (Fsp3) is 0.333. The predicted octanol–water partition coefficient (Wildman–Crippen LogP) is 3.14. The van der Waals surface area contributed by atoms with Crippen molar-refractivity contribution < 1.29 is 37.4 Å². The lowest BCUT2D eigenvalue weighted by Crippen LogP contribution is -2.49. The summed E-state index contributed by atoms with van der Waals surface area (Å²) < 4.78 is 29.4. The Hall–Kier alpha value is -4.13. The minimum Gasteiger partial charge on any atom is -0.496 e. The molecule has 198 valence electrons. The topological polar surface area (TPSA) is 162 Å². The van der Waals surface area contributed by atoms with Gasteiger partial charge in [0, 0.05) is 29.9 Å². The van der Waals surface area contributed by atoms with Crippen molar-refractivity contribution in [3.8, 4) is 5.75 Å². The van der Waals surface area contributed by atoms with Crippen LogP contribution in [0.25, 0.3) is 0 Å². The number of rotatable bonds is 6. The first kappa shape index (κ1) is 27.5. The van der Waals surface area contributed by atoms with Crippen molar-refractivity contribution in [1.29, 1.82) is 0 Å². The molecule has 0 saturated carbocycles. The van der Waals surface area contributed by atoms with Gasteiger partial charge in [-0.2, -0.15) is 4.31 Å². The molecular formula is C24H28N4O8S. The lowest BCUT2D eigenvalue weighted by molar-refractivity contribution is -0.120. The Balaban J connectivity index is 2.01. The van der Waals surface area contributed by atoms with Crippen LogP contribution in [-0.2, 0) is 20.2 Å². The van der Waals surface area contributed by atoms with Crippen molar-refractivity contribution in [3.63, 3.8) is 0 Å². The van der Waals surface area contributed by atoms with E-state index >= 15 is 0 Å². The molecule has 12 nitrogen and oxygen atoms in total. The zero-order valence-electron chi connectivity index (χ0n) is 21.0. The number of hydrogen-bond donors (Lipinski definition) is 3. The molecular weight excluding hydrogens is 504 g/mol. The van der Waals surface area contributed by atoms with Crippen LogP contribution in [0, 0.1) is 0 Å². The van der Waals surface area contributed by atoms with E-state index in [1.165, 1.54) is 42.3 Å². The van der Waals surface area contributed by atoms with Crippen LogP contribution >= 0.6 is 0 Å². The van der Waals surface area contributed by atoms with Crippen molar-refractivity contribution >= 4 is 51.0 Å². The van der Waals surface area contributed by atoms with Gasteiger partial charge in [-0.15, -0.1) is 0 Å². The molecule has 13 heteroatoms. The Morgan fingerprint density at radius 2 is 1.76 bits per heavy atom. The lowest BCUT2D eigenvalue weighted by Gasteiger charge is -2.30. The summed E-state index contributed by atoms with van der Waals surface area (Å²) in [6, 6.07) is 7.84. The highest BCUT2D eigenvalue weighted by molar-refractivity contribution is 7.92. The second kappa shape index (κ2) is 10.1. The van der Waals surface area contributed by atoms with E-state index in [0.29, 0.717) is 17.0 Å². The van der Waals surface area contributed by atoms with Crippen LogP contribution < -0.4 is 24.6 Å². The summed E-state index contributed by atoms with van der Waals surface area (Å²) in [7, 11) is -2.65. The third-order valence-corrected chi connectivity index (χ3v) is 6.59. The fourth-order valence-electron chi connectivity index (χ4n) is 3.85. The lowest BCUT2D eigenvalue weighted by atomic mass is 9.84. The molecule has 1 fully saturated rings. The van der Waals surface area contributed by atoms with Crippen LogP contribution in [0.15, 0.2) is 36.4 Å². The number of imide groups is 1. The standard InChI is InChI=1S/C24H28N4O8S/c1-24(2,3)18-13-16(27-11-10-19(29)26-22(27)31)12-17(20(18)36-4)21(30)25-14-6-8-15(9-7-14)28(23(32)33)37(5,34)35/h6-9,12-13H,10-11H2,1-5H3,(H,25,30)(H,32,33)(H,26,29,31). The Morgan fingerprint density at radius 3 is 2.24 bits per heavy atom. The minimum atomic E-state index is -4.08. The quantitative estimate of drug-likeness (QED) is 0.511. The summed E-state index contributed by atoms with van der Waals surface area (Å²) in [6.07, 6.45) is -0.794. The highest BCUT2D eigenvalue weighted by Crippen LogP contribution is 2.38. The number of anilines is 3. The zero-order valence-corrected chi connectivity index (χ0v) is 21.8. The van der Waals surface area contributed by atoms with Gasteiger partial charge in [-0.3, -0.25) is 19.8 Å². The van der Waals surface area contributed by atoms with E-state index in [-0.39, 0.29) is 40.1 Å². The number of carbonyl (C=O) groups is 4. The van der Waals surface area contributed by atoms with Crippen LogP contribution in [0.3, 0.4) is 0 Å². The molecule has 0 aromatic heterocycles. The molecule has 1 aliphatic rings. The van der Waals surface area contributed by atoms with Gasteiger partial charge in [-0.25, -0.2) is 18.0 Å². The van der Waals surface area contributed by atoms with Crippen LogP contribution in [0.4, 0.5) is 26.7 Å². The molecule has 3 N–H and O–H groups in total. The maximum atomic E-state index is 13.4. The molecule has 3 rings (SSSR count). The third-order valence-electron chi connectivity index (χ3n) is 5.56. The molecule has 0 aliphatic carbocycles. The predicted molar refractivity (Wildman–Crippen MR) is 137 cm³/mol. The van der Waals surface area contributed by atoms with E-state index in [1.54, 1.807) is 6.07 Å². The summed E-state index contributed by atoms with van der Waals surface area (Å²) in [5.41, 5.74) is 0.852. The van der Waals surface area contributed by atoms with Gasteiger partial charge in [0.25, 0.3) is 5.91 Å². The van der Waals surface area contributed by atoms with Gasteiger partial charge >= 0.3 is 12.1 Å². The van der Waals surface area contributed by atoms with Crippen LogP contribution in [0.5, 0.6) is 5.75 Å². The van der Waals surface area contributed by atoms with Gasteiger partial charge in [0.15, 0.2) is 0 Å². The van der Waals surface area contributed by atoms with E-state index in [2.05, 4.69) is 10.6 Å². The van der Waals surface area contributed by atoms with E-state index < -0.39 is 33.5 Å². The number of carboxylic acid groups (broad SMARTS) is 1. The summed E-state index contributed by atoms with van der Waals surface area (Å²) in [5.74, 6) is -0.666. The molecule has 0 spiro atoms. The van der Waals surface area contributed by atoms with E-state index in [4.69, 9.17) is 4.74 Å². The molecule has 1 saturated heterocycles. The average molecular weight is 533 g/mol. The Labute approximate surface area is 214 Å². The maximum absolute atomic E-state index is 13.4. The highest BCUT2D eigenvalue weighted by Gasteiger charge is 2.30. The first-order chi connectivity index (χ1) is 17.1. The van der Waals surface area contributed by atoms with Gasteiger partial charge in [0.05, 0.1) is 24.6 Å². The van der Waals surface area contributed by atoms with Crippen molar-refractivity contribution in [2.24, 2.45) is 0 Å². The molecule has 2 aromatic carbocycles. The number of sulfonamides is 1. The monoisotopic (exact) mass is 532 g/mol. The molecule has 1 aliphatic heterocycles. The van der Waals surface area contributed by atoms with E-state index in [9.17, 15) is 32.7 Å². The molecule has 37 heavy (non-hydrogen) atoms. The van der Waals surface area contributed by atoms with Gasteiger partial charge in [0.2, 0.25) is 15.9 Å². The summed E-state index contributed by atoms with van der Waals surface area (Å²) >= 11 is 0. The molecule has 0 radical (unpaired) electrons. The number of benzene rings is 2. The average Bonchev–Trinajstić information content (AvgIpc) is 2.77. The number of amides is 5. The van der Waals surface area contributed by atoms with E-state index in [1.807, 2.05) is 20.8 Å². The van der Waals surface area contributed by atoms with E-state index in [0.717, 1.165) is 6.26 Å². The largest absolute Gasteiger partial charge is 0.496 e. The smallest absolute Gasteiger partial charge is 0.425 e. The summed E-state index contributed by atoms with van der Waals surface area (Å²) in [4.78, 5) is 50.2. The molecule has 2 aromatic rings. The Kier molecular flexibility index (Phi) is 7.49. The SMILES string of the molecule is COc1c(C(=O)Nc2ccc(N(C(=O)O)S(C)(=O)=O)cc2)cc(N2CCC(=O)NC2=O)cc1C(C)(C)C. The number of nitrogens with zero attached hydrogens (tertiary/aromatic N) is 2. The second-order valence-electron chi connectivity index (χ2n) is 9.39. The van der Waals surface area contributed by atoms with Gasteiger partial charge in [0.1, 0.15) is 5.75 Å². The van der Waals surface area contributed by atoms with Crippen molar-refractivity contribution in [2.45, 2.75) is 32.6 Å². The van der Waals surface area contributed by atoms with Crippen LogP contribution in [0.1, 0.15) is 43.1 Å². The number of nitrogens with one attached hydrogen (secondary N) is 2. The molecule has 0 unspecified atom stereocenters. The summed E-state index contributed by atoms with van der Waals surface area (Å²) in [6.45, 7) is 5.91. The molecule has 0 atom stereocenters. The highest BCUT2D eigenvalue weighted by atomic mass is 32.2. The zero-order chi connectivity index (χ0) is 27.7. The van der Waals surface area contributed by atoms with Crippen LogP contribution in [0.2, 0.25) is 0 Å². The normalized spacial score (nSPS) is 14.1. The summed E-state index contributed by atoms with van der Waals surface area (Å²) in [5, 5.41) is 14.2. The first-order valence-electron chi connectivity index (χ1n) is 11.1. The number of hydrogen-bond acceptors (Lipinski definition) is 7. The number of carbonyl (C=O) groups excluding carboxylic acids is 3. The van der Waals surface area contributed by atoms with Gasteiger partial charge in [-0.1, -0.05) is 20.8 Å². The Bertz CT molecular complexity index is 1360. The van der Waals surface area contributed by atoms with Crippen molar-refractivity contribution in [2.75, 3.05) is 34.4 Å². The number of urea groups is 1. The Morgan fingerprint density at radius 1 is 1.14 bits per heavy atom. The fourth-order valence-corrected chi connectivity index (χ4v) is 4.64. The molecule has 1 heterocycles. The first-order valence-corrected chi connectivity index (χ1v) is 13.0. The second-order valence-corrected chi connectivity index (χ2v) is 11.2. The number of ether oxygens (including phenoxy) is 1. The third kappa shape index (κ3) is 6.00. The maximum Gasteiger partial charge on any atom is 0.425 e. The van der Waals surface area contributed by atoms with Crippen molar-refractivity contribution in [3.05, 3.63) is 47.5 Å².